The van der Waals surface area contributed by atoms with Crippen LogP contribution in [0.2, 0.25) is 0 Å². The summed E-state index contributed by atoms with van der Waals surface area (Å²) >= 11 is 0. The summed E-state index contributed by atoms with van der Waals surface area (Å²) in [4.78, 5) is 22.0. The number of hydrogen-bond acceptors (Lipinski definition) is 5. The summed E-state index contributed by atoms with van der Waals surface area (Å²) < 4.78 is 7.20. The lowest BCUT2D eigenvalue weighted by Gasteiger charge is -2.07. The van der Waals surface area contributed by atoms with Crippen molar-refractivity contribution in [2.75, 3.05) is 0 Å². The number of pyridine rings is 1. The minimum atomic E-state index is -0.270. The third-order valence-corrected chi connectivity index (χ3v) is 4.39. The Morgan fingerprint density at radius 2 is 1.79 bits per heavy atom. The van der Waals surface area contributed by atoms with Crippen molar-refractivity contribution in [3.63, 3.8) is 0 Å². The first-order valence-electron chi connectivity index (χ1n) is 8.76. The molecule has 6 nitrogen and oxygen atoms in total. The van der Waals surface area contributed by atoms with E-state index in [0.717, 1.165) is 11.0 Å². The van der Waals surface area contributed by atoms with Crippen molar-refractivity contribution >= 4 is 28.1 Å². The Hall–Kier alpha value is -4.06. The van der Waals surface area contributed by atoms with Crippen LogP contribution in [-0.4, -0.2) is 20.9 Å². The fourth-order valence-corrected chi connectivity index (χ4v) is 3.05. The van der Waals surface area contributed by atoms with E-state index in [9.17, 15) is 4.79 Å². The third-order valence-electron chi connectivity index (χ3n) is 4.39. The van der Waals surface area contributed by atoms with Crippen LogP contribution in [0.15, 0.2) is 93.3 Å². The van der Waals surface area contributed by atoms with Crippen LogP contribution in [0.4, 0.5) is 0 Å². The van der Waals surface area contributed by atoms with Crippen molar-refractivity contribution in [2.24, 2.45) is 5.10 Å². The molecule has 3 heterocycles. The van der Waals surface area contributed by atoms with Crippen molar-refractivity contribution in [2.45, 2.75) is 0 Å². The quantitative estimate of drug-likeness (QED) is 0.451. The molecule has 28 heavy (non-hydrogen) atoms. The average molecular weight is 366 g/mol. The Kier molecular flexibility index (Phi) is 3.80. The molecule has 2 aromatic carbocycles. The highest BCUT2D eigenvalue weighted by Gasteiger charge is 2.16. The smallest absolute Gasteiger partial charge is 0.282 e. The molecule has 5 rings (SSSR count). The zero-order chi connectivity index (χ0) is 18.9. The van der Waals surface area contributed by atoms with Crippen molar-refractivity contribution in [1.29, 1.82) is 0 Å². The summed E-state index contributed by atoms with van der Waals surface area (Å²) in [6.45, 7) is 0. The van der Waals surface area contributed by atoms with Gasteiger partial charge in [-0.1, -0.05) is 36.4 Å². The molecule has 0 unspecified atom stereocenters. The standard InChI is InChI=1S/C22H14N4O2/c27-22-17-9-2-3-10-18(17)25-21(20-13-15-7-1-4-11-19(15)28-20)26(22)24-14-16-8-5-6-12-23-16/h1-14H. The van der Waals surface area contributed by atoms with Gasteiger partial charge in [-0.25, -0.2) is 4.98 Å². The molecular weight excluding hydrogens is 352 g/mol. The predicted octanol–water partition coefficient (Wildman–Crippen LogP) is 4.09. The first-order chi connectivity index (χ1) is 13.8. The van der Waals surface area contributed by atoms with Gasteiger partial charge in [-0.2, -0.15) is 9.78 Å². The van der Waals surface area contributed by atoms with Gasteiger partial charge in [0.25, 0.3) is 5.56 Å². The molecule has 134 valence electrons. The highest BCUT2D eigenvalue weighted by atomic mass is 16.3. The number of rotatable bonds is 3. The molecule has 0 aliphatic rings. The first kappa shape index (κ1) is 16.1. The fraction of sp³-hybridized carbons (Fsp3) is 0. The van der Waals surface area contributed by atoms with E-state index >= 15 is 0 Å². The molecule has 5 aromatic rings. The van der Waals surface area contributed by atoms with Gasteiger partial charge >= 0.3 is 0 Å². The van der Waals surface area contributed by atoms with Crippen LogP contribution < -0.4 is 5.56 Å². The average Bonchev–Trinajstić information content (AvgIpc) is 3.18. The van der Waals surface area contributed by atoms with Gasteiger partial charge in [-0.3, -0.25) is 9.78 Å². The molecular formula is C22H14N4O2. The Bertz CT molecular complexity index is 1350. The summed E-state index contributed by atoms with van der Waals surface area (Å²) in [5.41, 5.74) is 1.68. The summed E-state index contributed by atoms with van der Waals surface area (Å²) in [7, 11) is 0. The van der Waals surface area contributed by atoms with E-state index < -0.39 is 0 Å². The third kappa shape index (κ3) is 2.77. The van der Waals surface area contributed by atoms with Gasteiger partial charge in [0.05, 0.1) is 22.8 Å². The summed E-state index contributed by atoms with van der Waals surface area (Å²) in [6, 6.07) is 22.2. The van der Waals surface area contributed by atoms with E-state index in [1.54, 1.807) is 24.4 Å². The second-order valence-electron chi connectivity index (χ2n) is 6.22. The Morgan fingerprint density at radius 3 is 2.64 bits per heavy atom. The second-order valence-corrected chi connectivity index (χ2v) is 6.22. The molecule has 6 heteroatoms. The molecule has 0 aliphatic carbocycles. The van der Waals surface area contributed by atoms with Crippen LogP contribution in [0.1, 0.15) is 5.69 Å². The van der Waals surface area contributed by atoms with E-state index in [1.807, 2.05) is 54.6 Å². The topological polar surface area (TPSA) is 73.3 Å². The van der Waals surface area contributed by atoms with E-state index in [4.69, 9.17) is 4.42 Å². The fourth-order valence-electron chi connectivity index (χ4n) is 3.05. The summed E-state index contributed by atoms with van der Waals surface area (Å²) in [6.07, 6.45) is 3.20. The number of furan rings is 1. The zero-order valence-electron chi connectivity index (χ0n) is 14.7. The van der Waals surface area contributed by atoms with Gasteiger partial charge in [0.2, 0.25) is 5.82 Å². The van der Waals surface area contributed by atoms with E-state index in [-0.39, 0.29) is 5.56 Å². The highest BCUT2D eigenvalue weighted by molar-refractivity contribution is 5.84. The number of aromatic nitrogens is 3. The molecule has 0 bridgehead atoms. The van der Waals surface area contributed by atoms with Crippen LogP contribution in [-0.2, 0) is 0 Å². The van der Waals surface area contributed by atoms with E-state index in [1.165, 1.54) is 10.9 Å². The molecule has 0 atom stereocenters. The SMILES string of the molecule is O=c1c2ccccc2nc(-c2cc3ccccc3o2)n1N=Cc1ccccn1. The predicted molar refractivity (Wildman–Crippen MR) is 108 cm³/mol. The number of benzene rings is 2. The maximum absolute atomic E-state index is 13.1. The largest absolute Gasteiger partial charge is 0.453 e. The van der Waals surface area contributed by atoms with Crippen molar-refractivity contribution in [3.8, 4) is 11.6 Å². The molecule has 0 amide bonds. The van der Waals surface area contributed by atoms with Gasteiger partial charge < -0.3 is 4.42 Å². The van der Waals surface area contributed by atoms with Crippen molar-refractivity contribution in [3.05, 3.63) is 95.0 Å². The highest BCUT2D eigenvalue weighted by Crippen LogP contribution is 2.27. The molecule has 0 saturated carbocycles. The number of hydrogen-bond donors (Lipinski definition) is 0. The lowest BCUT2D eigenvalue weighted by molar-refractivity contribution is 0.616. The number of nitrogens with zero attached hydrogens (tertiary/aromatic N) is 4. The van der Waals surface area contributed by atoms with Crippen LogP contribution in [0.5, 0.6) is 0 Å². The maximum atomic E-state index is 13.1. The maximum Gasteiger partial charge on any atom is 0.282 e. The van der Waals surface area contributed by atoms with Gasteiger partial charge in [0, 0.05) is 11.6 Å². The zero-order valence-corrected chi connectivity index (χ0v) is 14.7. The normalized spacial score (nSPS) is 11.6. The van der Waals surface area contributed by atoms with Crippen molar-refractivity contribution < 1.29 is 4.42 Å². The monoisotopic (exact) mass is 366 g/mol. The van der Waals surface area contributed by atoms with E-state index in [0.29, 0.717) is 28.2 Å². The number of fused-ring (bicyclic) bond motifs is 2. The molecule has 0 aliphatic heterocycles. The molecule has 0 radical (unpaired) electrons. The van der Waals surface area contributed by atoms with Crippen LogP contribution >= 0.6 is 0 Å². The van der Waals surface area contributed by atoms with E-state index in [2.05, 4.69) is 15.1 Å². The lowest BCUT2D eigenvalue weighted by atomic mass is 10.2. The van der Waals surface area contributed by atoms with Gasteiger partial charge in [-0.05, 0) is 36.4 Å². The lowest BCUT2D eigenvalue weighted by Crippen LogP contribution is -2.20. The first-order valence-corrected chi connectivity index (χ1v) is 8.76. The molecule has 0 saturated heterocycles. The van der Waals surface area contributed by atoms with Gasteiger partial charge in [0.1, 0.15) is 5.58 Å². The molecule has 3 aromatic heterocycles. The second kappa shape index (κ2) is 6.59. The summed E-state index contributed by atoms with van der Waals surface area (Å²) in [5, 5.41) is 5.78. The van der Waals surface area contributed by atoms with Crippen LogP contribution in [0.3, 0.4) is 0 Å². The van der Waals surface area contributed by atoms with Crippen LogP contribution in [0.25, 0.3) is 33.5 Å². The Labute approximate surface area is 159 Å². The minimum absolute atomic E-state index is 0.270. The Balaban J connectivity index is 1.76. The molecule has 0 spiro atoms. The molecule has 0 fully saturated rings. The van der Waals surface area contributed by atoms with Crippen molar-refractivity contribution in [1.82, 2.24) is 14.6 Å². The van der Waals surface area contributed by atoms with Crippen LogP contribution in [0, 0.1) is 0 Å². The molecule has 0 N–H and O–H groups in total. The minimum Gasteiger partial charge on any atom is -0.453 e. The van der Waals surface area contributed by atoms with Gasteiger partial charge in [-0.15, -0.1) is 0 Å². The number of para-hydroxylation sites is 2. The Morgan fingerprint density at radius 1 is 0.964 bits per heavy atom. The summed E-state index contributed by atoms with van der Waals surface area (Å²) in [5.74, 6) is 0.814. The van der Waals surface area contributed by atoms with Gasteiger partial charge in [0.15, 0.2) is 5.76 Å².